The van der Waals surface area contributed by atoms with Crippen molar-refractivity contribution in [3.63, 3.8) is 0 Å². The average molecular weight is 464 g/mol. The van der Waals surface area contributed by atoms with Crippen molar-refractivity contribution in [2.24, 2.45) is 5.92 Å². The number of ketones is 1. The lowest BCUT2D eigenvalue weighted by molar-refractivity contribution is -0.385. The van der Waals surface area contributed by atoms with Gasteiger partial charge in [0, 0.05) is 24.2 Å². The van der Waals surface area contributed by atoms with E-state index in [4.69, 9.17) is 4.74 Å². The summed E-state index contributed by atoms with van der Waals surface area (Å²) in [5.41, 5.74) is 0.354. The van der Waals surface area contributed by atoms with E-state index in [2.05, 4.69) is 9.97 Å². The number of rotatable bonds is 7. The number of carboxylic acid groups (broad SMARTS) is 1. The molecular formula is C23H20N4O7. The monoisotopic (exact) mass is 464 g/mol. The Morgan fingerprint density at radius 3 is 2.15 bits per heavy atom. The van der Waals surface area contributed by atoms with Crippen molar-refractivity contribution in [3.05, 3.63) is 76.1 Å². The van der Waals surface area contributed by atoms with Crippen LogP contribution in [0, 0.1) is 16.0 Å². The van der Waals surface area contributed by atoms with Crippen LogP contribution in [0.25, 0.3) is 0 Å². The van der Waals surface area contributed by atoms with Gasteiger partial charge in [-0.05, 0) is 61.4 Å². The van der Waals surface area contributed by atoms with E-state index in [0.29, 0.717) is 37.1 Å². The van der Waals surface area contributed by atoms with Crippen LogP contribution < -0.4 is 9.64 Å². The minimum Gasteiger partial charge on any atom is -0.508 e. The molecule has 0 radical (unpaired) electrons. The van der Waals surface area contributed by atoms with Gasteiger partial charge in [-0.3, -0.25) is 19.7 Å². The molecule has 0 spiro atoms. The molecule has 0 unspecified atom stereocenters. The fourth-order valence-electron chi connectivity index (χ4n) is 3.72. The number of phenolic OH excluding ortho intramolecular Hbond substituents is 1. The third kappa shape index (κ3) is 4.77. The average Bonchev–Trinajstić information content (AvgIpc) is 2.84. The first-order valence-corrected chi connectivity index (χ1v) is 10.4. The number of hydrogen-bond donors (Lipinski definition) is 2. The molecule has 0 bridgehead atoms. The number of aliphatic carboxylic acids is 1. The highest BCUT2D eigenvalue weighted by Gasteiger charge is 2.32. The molecule has 4 rings (SSSR count). The van der Waals surface area contributed by atoms with Crippen LogP contribution >= 0.6 is 0 Å². The number of carboxylic acids is 1. The molecule has 0 saturated carbocycles. The summed E-state index contributed by atoms with van der Waals surface area (Å²) in [6.45, 7) is 0.616. The Kier molecular flexibility index (Phi) is 6.35. The van der Waals surface area contributed by atoms with E-state index >= 15 is 0 Å². The van der Waals surface area contributed by atoms with Gasteiger partial charge in [0.25, 0.3) is 0 Å². The van der Waals surface area contributed by atoms with Gasteiger partial charge < -0.3 is 19.8 Å². The zero-order valence-electron chi connectivity index (χ0n) is 17.8. The van der Waals surface area contributed by atoms with Crippen LogP contribution in [0.2, 0.25) is 0 Å². The van der Waals surface area contributed by atoms with E-state index < -0.39 is 22.5 Å². The second-order valence-electron chi connectivity index (χ2n) is 7.71. The highest BCUT2D eigenvalue weighted by Crippen LogP contribution is 2.37. The van der Waals surface area contributed by atoms with Crippen molar-refractivity contribution in [2.75, 3.05) is 18.0 Å². The van der Waals surface area contributed by atoms with Gasteiger partial charge in [0.2, 0.25) is 5.82 Å². The summed E-state index contributed by atoms with van der Waals surface area (Å²) >= 11 is 0. The molecule has 0 atom stereocenters. The van der Waals surface area contributed by atoms with Gasteiger partial charge in [-0.1, -0.05) is 0 Å². The lowest BCUT2D eigenvalue weighted by Gasteiger charge is -2.30. The van der Waals surface area contributed by atoms with E-state index in [-0.39, 0.29) is 29.0 Å². The van der Waals surface area contributed by atoms with Gasteiger partial charge in [0.15, 0.2) is 5.78 Å². The molecule has 3 aromatic rings. The smallest absolute Gasteiger partial charge is 0.373 e. The molecular weight excluding hydrogens is 444 g/mol. The number of carbonyl (C=O) groups is 2. The summed E-state index contributed by atoms with van der Waals surface area (Å²) in [5, 5.41) is 30.4. The highest BCUT2D eigenvalue weighted by atomic mass is 16.6. The lowest BCUT2D eigenvalue weighted by atomic mass is 9.97. The van der Waals surface area contributed by atoms with Crippen molar-refractivity contribution in [1.29, 1.82) is 0 Å². The van der Waals surface area contributed by atoms with Crippen LogP contribution in [-0.4, -0.2) is 49.9 Å². The van der Waals surface area contributed by atoms with E-state index in [1.165, 1.54) is 48.5 Å². The maximum atomic E-state index is 12.6. The van der Waals surface area contributed by atoms with Crippen molar-refractivity contribution in [3.8, 4) is 17.4 Å². The number of nitro groups is 1. The number of anilines is 1. The predicted molar refractivity (Wildman–Crippen MR) is 119 cm³/mol. The Morgan fingerprint density at radius 2 is 1.59 bits per heavy atom. The Bertz CT molecular complexity index is 1220. The molecule has 1 aliphatic heterocycles. The van der Waals surface area contributed by atoms with Crippen molar-refractivity contribution in [2.45, 2.75) is 12.8 Å². The molecule has 2 heterocycles. The third-order valence-corrected chi connectivity index (χ3v) is 5.56. The molecule has 11 heteroatoms. The molecule has 2 aromatic carbocycles. The minimum atomic E-state index is -0.881. The van der Waals surface area contributed by atoms with Crippen LogP contribution in [-0.2, 0) is 4.79 Å². The first-order valence-electron chi connectivity index (χ1n) is 10.4. The maximum Gasteiger partial charge on any atom is 0.373 e. The SMILES string of the molecule is O=C(c1ccc(O)cc1)c1ccc(Oc2ncnc(N3CCC(C(=O)O)CC3)c2[N+](=O)[O-])cc1. The summed E-state index contributed by atoms with van der Waals surface area (Å²) in [6.07, 6.45) is 1.86. The molecule has 0 amide bonds. The van der Waals surface area contributed by atoms with E-state index in [0.717, 1.165) is 6.33 Å². The number of piperidine rings is 1. The lowest BCUT2D eigenvalue weighted by Crippen LogP contribution is -2.37. The molecule has 34 heavy (non-hydrogen) atoms. The topological polar surface area (TPSA) is 156 Å². The van der Waals surface area contributed by atoms with Gasteiger partial charge in [-0.2, -0.15) is 4.98 Å². The predicted octanol–water partition coefficient (Wildman–Crippen LogP) is 3.41. The number of aromatic nitrogens is 2. The zero-order valence-corrected chi connectivity index (χ0v) is 17.8. The van der Waals surface area contributed by atoms with Gasteiger partial charge in [0.1, 0.15) is 17.8 Å². The van der Waals surface area contributed by atoms with E-state index in [9.17, 15) is 29.9 Å². The second-order valence-corrected chi connectivity index (χ2v) is 7.71. The zero-order chi connectivity index (χ0) is 24.2. The molecule has 1 saturated heterocycles. The number of aromatic hydroxyl groups is 1. The second kappa shape index (κ2) is 9.53. The quantitative estimate of drug-likeness (QED) is 0.302. The van der Waals surface area contributed by atoms with Gasteiger partial charge in [0.05, 0.1) is 10.8 Å². The third-order valence-electron chi connectivity index (χ3n) is 5.56. The van der Waals surface area contributed by atoms with Crippen molar-refractivity contribution >= 4 is 23.3 Å². The molecule has 11 nitrogen and oxygen atoms in total. The van der Waals surface area contributed by atoms with Gasteiger partial charge >= 0.3 is 17.5 Å². The van der Waals surface area contributed by atoms with Crippen LogP contribution in [0.5, 0.6) is 17.4 Å². The highest BCUT2D eigenvalue weighted by molar-refractivity contribution is 6.09. The number of phenols is 1. The molecule has 1 aliphatic rings. The fraction of sp³-hybridized carbons (Fsp3) is 0.217. The maximum absolute atomic E-state index is 12.6. The first kappa shape index (κ1) is 22.6. The summed E-state index contributed by atoms with van der Waals surface area (Å²) < 4.78 is 5.66. The summed E-state index contributed by atoms with van der Waals surface area (Å²) in [5.74, 6) is -1.53. The summed E-state index contributed by atoms with van der Waals surface area (Å²) in [7, 11) is 0. The summed E-state index contributed by atoms with van der Waals surface area (Å²) in [4.78, 5) is 44.6. The molecule has 174 valence electrons. The number of benzene rings is 2. The van der Waals surface area contributed by atoms with Crippen molar-refractivity contribution < 1.29 is 29.5 Å². The van der Waals surface area contributed by atoms with Crippen LogP contribution in [0.4, 0.5) is 11.5 Å². The molecule has 1 aromatic heterocycles. The first-order chi connectivity index (χ1) is 16.3. The molecule has 1 fully saturated rings. The largest absolute Gasteiger partial charge is 0.508 e. The standard InChI is InChI=1S/C23H20N4O7/c28-17-5-1-14(2-6-17)20(29)15-3-7-18(8-4-15)34-22-19(27(32)33)21(24-13-25-22)26-11-9-16(10-12-26)23(30)31/h1-8,13,16,28H,9-12H2,(H,30,31). The van der Waals surface area contributed by atoms with E-state index in [1.54, 1.807) is 4.90 Å². The number of carbonyl (C=O) groups excluding carboxylic acids is 1. The Labute approximate surface area is 193 Å². The molecule has 2 N–H and O–H groups in total. The Balaban J connectivity index is 1.54. The van der Waals surface area contributed by atoms with Gasteiger partial charge in [-0.15, -0.1) is 0 Å². The number of nitrogens with zero attached hydrogens (tertiary/aromatic N) is 4. The van der Waals surface area contributed by atoms with Crippen molar-refractivity contribution in [1.82, 2.24) is 9.97 Å². The van der Waals surface area contributed by atoms with Gasteiger partial charge in [-0.25, -0.2) is 4.98 Å². The fourth-order valence-corrected chi connectivity index (χ4v) is 3.72. The normalized spacial score (nSPS) is 13.9. The Hall–Kier alpha value is -4.54. The number of hydrogen-bond acceptors (Lipinski definition) is 9. The molecule has 0 aliphatic carbocycles. The minimum absolute atomic E-state index is 0.0531. The van der Waals surface area contributed by atoms with Crippen LogP contribution in [0.3, 0.4) is 0 Å². The van der Waals surface area contributed by atoms with E-state index in [1.807, 2.05) is 0 Å². The van der Waals surface area contributed by atoms with Crippen LogP contribution in [0.1, 0.15) is 28.8 Å². The number of ether oxygens (including phenoxy) is 1. The summed E-state index contributed by atoms with van der Waals surface area (Å²) in [6, 6.07) is 11.9. The van der Waals surface area contributed by atoms with Crippen LogP contribution in [0.15, 0.2) is 54.9 Å². The Morgan fingerprint density at radius 1 is 1.00 bits per heavy atom.